The van der Waals surface area contributed by atoms with E-state index in [4.69, 9.17) is 10.7 Å². The van der Waals surface area contributed by atoms with Gasteiger partial charge < -0.3 is 16.0 Å². The molecule has 0 bridgehead atoms. The topological polar surface area (TPSA) is 78.0 Å². The summed E-state index contributed by atoms with van der Waals surface area (Å²) in [7, 11) is 2.01. The number of aromatic nitrogens is 1. The van der Waals surface area contributed by atoms with Crippen molar-refractivity contribution in [3.05, 3.63) is 114 Å². The van der Waals surface area contributed by atoms with E-state index in [1.807, 2.05) is 94.6 Å². The molecule has 3 N–H and O–H groups in total. The second kappa shape index (κ2) is 11.9. The van der Waals surface area contributed by atoms with Gasteiger partial charge in [-0.15, -0.1) is 0 Å². The van der Waals surface area contributed by atoms with Gasteiger partial charge in [-0.2, -0.15) is 5.26 Å². The molecule has 0 radical (unpaired) electrons. The molecular formula is C32H35N5. The highest BCUT2D eigenvalue weighted by Gasteiger charge is 2.20. The Morgan fingerprint density at radius 2 is 1.89 bits per heavy atom. The van der Waals surface area contributed by atoms with Crippen molar-refractivity contribution in [1.82, 2.24) is 9.88 Å². The smallest absolute Gasteiger partial charge is 0.149 e. The number of nitrogens with one attached hydrogen (secondary N) is 1. The largest absolute Gasteiger partial charge is 0.398 e. The number of aryl methyl sites for hydroxylation is 1. The zero-order valence-electron chi connectivity index (χ0n) is 22.3. The highest BCUT2D eigenvalue weighted by atomic mass is 15.2. The molecule has 0 saturated carbocycles. The summed E-state index contributed by atoms with van der Waals surface area (Å²) in [6, 6.07) is 19.9. The number of rotatable bonds is 9. The molecule has 2 aromatic carbocycles. The van der Waals surface area contributed by atoms with Crippen molar-refractivity contribution in [3.8, 4) is 28.5 Å². The summed E-state index contributed by atoms with van der Waals surface area (Å²) in [5.41, 5.74) is 14.5. The average Bonchev–Trinajstić information content (AvgIpc) is 2.90. The van der Waals surface area contributed by atoms with Crippen LogP contribution in [0, 0.1) is 18.3 Å². The summed E-state index contributed by atoms with van der Waals surface area (Å²) >= 11 is 0. The zero-order chi connectivity index (χ0) is 27.1. The fraction of sp³-hybridized carbons (Fsp3) is 0.188. The maximum atomic E-state index is 10.2. The second-order valence-electron chi connectivity index (χ2n) is 9.03. The van der Waals surface area contributed by atoms with Crippen LogP contribution in [-0.4, -0.2) is 23.0 Å². The summed E-state index contributed by atoms with van der Waals surface area (Å²) in [4.78, 5) is 6.98. The summed E-state index contributed by atoms with van der Waals surface area (Å²) in [6.45, 7) is 16.4. The van der Waals surface area contributed by atoms with Crippen LogP contribution >= 0.6 is 0 Å². The molecule has 37 heavy (non-hydrogen) atoms. The van der Waals surface area contributed by atoms with Crippen LogP contribution in [0.25, 0.3) is 22.4 Å². The van der Waals surface area contributed by atoms with Gasteiger partial charge in [-0.25, -0.2) is 4.98 Å². The van der Waals surface area contributed by atoms with E-state index >= 15 is 0 Å². The number of hydrogen-bond acceptors (Lipinski definition) is 5. The molecule has 0 spiro atoms. The molecule has 0 saturated heterocycles. The van der Waals surface area contributed by atoms with Crippen LogP contribution in [0.4, 0.5) is 11.5 Å². The van der Waals surface area contributed by atoms with Crippen LogP contribution in [0.3, 0.4) is 0 Å². The minimum Gasteiger partial charge on any atom is -0.398 e. The predicted molar refractivity (Wildman–Crippen MR) is 157 cm³/mol. The lowest BCUT2D eigenvalue weighted by molar-refractivity contribution is 0.360. The number of likely N-dealkylation sites (N-methyl/N-ethyl adjacent to an activating group) is 1. The number of nitrogens with zero attached hydrogens (tertiary/aromatic N) is 3. The van der Waals surface area contributed by atoms with Gasteiger partial charge in [0.05, 0.1) is 11.7 Å². The summed E-state index contributed by atoms with van der Waals surface area (Å²) in [5.74, 6) is 0.448. The summed E-state index contributed by atoms with van der Waals surface area (Å²) < 4.78 is 0. The molecule has 5 heteroatoms. The first-order valence-electron chi connectivity index (χ1n) is 12.2. The van der Waals surface area contributed by atoms with Crippen molar-refractivity contribution in [2.45, 2.75) is 33.7 Å². The number of allylic oxidation sites excluding steroid dienone is 5. The number of nitriles is 1. The van der Waals surface area contributed by atoms with Crippen LogP contribution in [0.15, 0.2) is 103 Å². The van der Waals surface area contributed by atoms with Gasteiger partial charge in [-0.1, -0.05) is 79.4 Å². The van der Waals surface area contributed by atoms with Crippen LogP contribution < -0.4 is 11.1 Å². The monoisotopic (exact) mass is 489 g/mol. The third-order valence-corrected chi connectivity index (χ3v) is 6.57. The Bertz CT molecular complexity index is 1420. The van der Waals surface area contributed by atoms with Gasteiger partial charge >= 0.3 is 0 Å². The number of nitrogens with two attached hydrogens (primary N) is 1. The van der Waals surface area contributed by atoms with Crippen LogP contribution in [0.5, 0.6) is 0 Å². The van der Waals surface area contributed by atoms with Crippen LogP contribution in [-0.2, 0) is 0 Å². The minimum atomic E-state index is -0.0959. The summed E-state index contributed by atoms with van der Waals surface area (Å²) in [5, 5.41) is 13.6. The number of para-hydroxylation sites is 1. The first kappa shape index (κ1) is 27.0. The van der Waals surface area contributed by atoms with Gasteiger partial charge in [0.25, 0.3) is 0 Å². The van der Waals surface area contributed by atoms with Gasteiger partial charge in [0.1, 0.15) is 17.5 Å². The zero-order valence-corrected chi connectivity index (χ0v) is 22.3. The number of nitrogen functional groups attached to an aromatic ring is 1. The maximum absolute atomic E-state index is 10.2. The second-order valence-corrected chi connectivity index (χ2v) is 9.03. The molecule has 1 heterocycles. The molecule has 1 aromatic heterocycles. The van der Waals surface area contributed by atoms with Gasteiger partial charge in [0, 0.05) is 35.3 Å². The average molecular weight is 490 g/mol. The molecule has 0 amide bonds. The third kappa shape index (κ3) is 5.99. The fourth-order valence-electron chi connectivity index (χ4n) is 4.16. The van der Waals surface area contributed by atoms with E-state index in [-0.39, 0.29) is 6.04 Å². The number of anilines is 2. The van der Waals surface area contributed by atoms with Crippen molar-refractivity contribution in [3.63, 3.8) is 0 Å². The van der Waals surface area contributed by atoms with E-state index in [0.717, 1.165) is 33.5 Å². The quantitative estimate of drug-likeness (QED) is 0.241. The molecule has 1 atom stereocenters. The van der Waals surface area contributed by atoms with Gasteiger partial charge in [-0.05, 0) is 51.0 Å². The Morgan fingerprint density at radius 3 is 2.51 bits per heavy atom. The highest BCUT2D eigenvalue weighted by molar-refractivity contribution is 5.84. The van der Waals surface area contributed by atoms with Crippen LogP contribution in [0.1, 0.15) is 31.9 Å². The van der Waals surface area contributed by atoms with Gasteiger partial charge in [0.2, 0.25) is 0 Å². The third-order valence-electron chi connectivity index (χ3n) is 6.57. The number of pyridine rings is 1. The number of hydrogen-bond donors (Lipinski definition) is 2. The SMILES string of the molecule is C=CC(/C=C\C)=C(/C)N(C)C(C)C(=C)Nc1nc(-c2ccccc2N)cc(-c2cccc(C)c2)c1C#N. The normalized spacial score (nSPS) is 12.4. The molecule has 3 aromatic rings. The van der Waals surface area contributed by atoms with E-state index in [1.165, 1.54) is 0 Å². The Hall–Kier alpha value is -4.56. The van der Waals surface area contributed by atoms with Crippen LogP contribution in [0.2, 0.25) is 0 Å². The first-order valence-corrected chi connectivity index (χ1v) is 12.2. The fourth-order valence-corrected chi connectivity index (χ4v) is 4.16. The molecular weight excluding hydrogens is 454 g/mol. The Kier molecular flexibility index (Phi) is 8.71. The molecule has 5 nitrogen and oxygen atoms in total. The molecule has 1 unspecified atom stereocenters. The van der Waals surface area contributed by atoms with Crippen molar-refractivity contribution >= 4 is 11.5 Å². The first-order chi connectivity index (χ1) is 17.7. The Labute approximate surface area is 221 Å². The van der Waals surface area contributed by atoms with E-state index in [1.54, 1.807) is 0 Å². The molecule has 0 aliphatic rings. The highest BCUT2D eigenvalue weighted by Crippen LogP contribution is 2.35. The van der Waals surface area contributed by atoms with E-state index in [2.05, 4.69) is 42.4 Å². The minimum absolute atomic E-state index is 0.0959. The Morgan fingerprint density at radius 1 is 1.16 bits per heavy atom. The lowest BCUT2D eigenvalue weighted by Gasteiger charge is -2.31. The van der Waals surface area contributed by atoms with E-state index in [9.17, 15) is 5.26 Å². The molecule has 0 aliphatic carbocycles. The lowest BCUT2D eigenvalue weighted by atomic mass is 9.96. The van der Waals surface area contributed by atoms with Gasteiger partial charge in [0.15, 0.2) is 0 Å². The predicted octanol–water partition coefficient (Wildman–Crippen LogP) is 7.46. The van der Waals surface area contributed by atoms with Crippen molar-refractivity contribution < 1.29 is 0 Å². The molecule has 188 valence electrons. The summed E-state index contributed by atoms with van der Waals surface area (Å²) in [6.07, 6.45) is 5.85. The van der Waals surface area contributed by atoms with E-state index in [0.29, 0.717) is 28.5 Å². The van der Waals surface area contributed by atoms with Crippen molar-refractivity contribution in [2.24, 2.45) is 0 Å². The molecule has 0 fully saturated rings. The number of benzene rings is 2. The van der Waals surface area contributed by atoms with E-state index < -0.39 is 0 Å². The maximum Gasteiger partial charge on any atom is 0.149 e. The molecule has 0 aliphatic heterocycles. The lowest BCUT2D eigenvalue weighted by Crippen LogP contribution is -2.32. The van der Waals surface area contributed by atoms with Crippen molar-refractivity contribution in [2.75, 3.05) is 18.1 Å². The van der Waals surface area contributed by atoms with Gasteiger partial charge in [-0.3, -0.25) is 0 Å². The standard InChI is InChI=1S/C32H35N5/c1-8-13-25(9-2)24(6)37(7)23(5)22(4)35-32-29(20-33)28(26-15-12-14-21(3)18-26)19-31(36-32)27-16-10-11-17-30(27)34/h8-19,23H,2,4,34H2,1,3,5-7H3,(H,35,36)/b13-8-,25-24+. The van der Waals surface area contributed by atoms with Crippen molar-refractivity contribution in [1.29, 1.82) is 5.26 Å². The Balaban J connectivity index is 2.12. The molecule has 3 rings (SSSR count).